The molecule has 10 heteroatoms. The Hall–Kier alpha value is -0.850. The highest BCUT2D eigenvalue weighted by Gasteiger charge is 2.44. The molecule has 8 atom stereocenters. The number of amides is 1. The minimum absolute atomic E-state index is 0.252. The van der Waals surface area contributed by atoms with Crippen LogP contribution in [0.25, 0.3) is 0 Å². The number of rotatable bonds is 44. The fourth-order valence-electron chi connectivity index (χ4n) is 8.61. The molecular formula is C50H99NO9. The highest BCUT2D eigenvalue weighted by Crippen LogP contribution is 2.23. The molecule has 1 fully saturated rings. The van der Waals surface area contributed by atoms with Crippen LogP contribution in [0.4, 0.5) is 0 Å². The number of carbonyl (C=O) groups is 1. The van der Waals surface area contributed by atoms with Crippen molar-refractivity contribution in [2.75, 3.05) is 13.2 Å². The molecule has 1 saturated heterocycles. The van der Waals surface area contributed by atoms with E-state index in [0.29, 0.717) is 6.42 Å². The van der Waals surface area contributed by atoms with Crippen LogP contribution in [-0.4, -0.2) is 98.7 Å². The Bertz CT molecular complexity index is 926. The minimum Gasteiger partial charge on any atom is -0.394 e. The molecule has 0 bridgehead atoms. The second kappa shape index (κ2) is 40.9. The van der Waals surface area contributed by atoms with Crippen LogP contribution in [0.5, 0.6) is 0 Å². The zero-order valence-electron chi connectivity index (χ0n) is 39.1. The van der Waals surface area contributed by atoms with Gasteiger partial charge in [-0.25, -0.2) is 0 Å². The average molecular weight is 858 g/mol. The van der Waals surface area contributed by atoms with Gasteiger partial charge in [0.15, 0.2) is 6.29 Å². The summed E-state index contributed by atoms with van der Waals surface area (Å²) >= 11 is 0. The van der Waals surface area contributed by atoms with Crippen LogP contribution in [0.2, 0.25) is 0 Å². The number of hydrogen-bond donors (Lipinski definition) is 7. The number of hydrogen-bond acceptors (Lipinski definition) is 9. The first kappa shape index (κ1) is 57.2. The maximum Gasteiger partial charge on any atom is 0.220 e. The molecule has 0 aromatic rings. The number of carbonyl (C=O) groups excluding carboxylic acids is 1. The van der Waals surface area contributed by atoms with Crippen molar-refractivity contribution in [2.45, 2.75) is 300 Å². The smallest absolute Gasteiger partial charge is 0.220 e. The molecule has 60 heavy (non-hydrogen) atoms. The molecule has 0 spiro atoms. The fraction of sp³-hybridized carbons (Fsp3) is 0.980. The number of unbranched alkanes of at least 4 members (excludes halogenated alkanes) is 33. The van der Waals surface area contributed by atoms with Gasteiger partial charge >= 0.3 is 0 Å². The minimum atomic E-state index is -1.60. The number of aliphatic hydroxyl groups excluding tert-OH is 6. The van der Waals surface area contributed by atoms with Crippen molar-refractivity contribution in [1.82, 2.24) is 5.32 Å². The first-order valence-electron chi connectivity index (χ1n) is 25.8. The van der Waals surface area contributed by atoms with Gasteiger partial charge in [-0.2, -0.15) is 0 Å². The van der Waals surface area contributed by atoms with Gasteiger partial charge in [-0.3, -0.25) is 4.79 Å². The molecular weight excluding hydrogens is 759 g/mol. The summed E-state index contributed by atoms with van der Waals surface area (Å²) < 4.78 is 11.2. The van der Waals surface area contributed by atoms with Crippen LogP contribution >= 0.6 is 0 Å². The van der Waals surface area contributed by atoms with E-state index in [9.17, 15) is 35.4 Å². The lowest BCUT2D eigenvalue weighted by Gasteiger charge is -2.40. The topological polar surface area (TPSA) is 169 Å². The van der Waals surface area contributed by atoms with E-state index in [0.717, 1.165) is 38.5 Å². The molecule has 358 valence electrons. The molecule has 0 radical (unpaired) electrons. The predicted molar refractivity (Wildman–Crippen MR) is 246 cm³/mol. The summed E-state index contributed by atoms with van der Waals surface area (Å²) in [5.41, 5.74) is 0. The molecule has 0 aromatic carbocycles. The first-order valence-corrected chi connectivity index (χ1v) is 25.8. The van der Waals surface area contributed by atoms with E-state index in [1.807, 2.05) is 0 Å². The van der Waals surface area contributed by atoms with E-state index in [-0.39, 0.29) is 18.9 Å². The molecule has 0 saturated carbocycles. The zero-order valence-corrected chi connectivity index (χ0v) is 39.1. The van der Waals surface area contributed by atoms with Crippen LogP contribution in [-0.2, 0) is 14.3 Å². The van der Waals surface area contributed by atoms with Gasteiger partial charge in [0.1, 0.15) is 30.5 Å². The van der Waals surface area contributed by atoms with Gasteiger partial charge in [-0.05, 0) is 12.8 Å². The van der Waals surface area contributed by atoms with Crippen molar-refractivity contribution in [3.05, 3.63) is 0 Å². The van der Waals surface area contributed by atoms with E-state index in [4.69, 9.17) is 9.47 Å². The summed E-state index contributed by atoms with van der Waals surface area (Å²) in [7, 11) is 0. The Kier molecular flexibility index (Phi) is 39.0. The van der Waals surface area contributed by atoms with Crippen LogP contribution in [0.15, 0.2) is 0 Å². The molecule has 1 rings (SSSR count). The Morgan fingerprint density at radius 3 is 1.23 bits per heavy atom. The molecule has 1 aliphatic rings. The van der Waals surface area contributed by atoms with Crippen LogP contribution in [0.3, 0.4) is 0 Å². The largest absolute Gasteiger partial charge is 0.394 e. The molecule has 1 amide bonds. The van der Waals surface area contributed by atoms with Gasteiger partial charge < -0.3 is 45.4 Å². The Morgan fingerprint density at radius 1 is 0.517 bits per heavy atom. The van der Waals surface area contributed by atoms with Gasteiger partial charge in [0.25, 0.3) is 0 Å². The summed E-state index contributed by atoms with van der Waals surface area (Å²) in [5, 5.41) is 65.3. The molecule has 7 N–H and O–H groups in total. The third kappa shape index (κ3) is 30.3. The maximum absolute atomic E-state index is 13.0. The van der Waals surface area contributed by atoms with Gasteiger partial charge in [0.05, 0.1) is 25.4 Å². The lowest BCUT2D eigenvalue weighted by Crippen LogP contribution is -2.60. The molecule has 1 heterocycles. The first-order chi connectivity index (χ1) is 29.3. The summed E-state index contributed by atoms with van der Waals surface area (Å²) in [4.78, 5) is 13.0. The highest BCUT2D eigenvalue weighted by molar-refractivity contribution is 5.76. The lowest BCUT2D eigenvalue weighted by molar-refractivity contribution is -0.303. The third-order valence-electron chi connectivity index (χ3n) is 12.8. The Morgan fingerprint density at radius 2 is 0.867 bits per heavy atom. The molecule has 0 aliphatic carbocycles. The van der Waals surface area contributed by atoms with Crippen molar-refractivity contribution in [3.8, 4) is 0 Å². The van der Waals surface area contributed by atoms with Gasteiger partial charge in [0, 0.05) is 6.42 Å². The predicted octanol–water partition coefficient (Wildman–Crippen LogP) is 10.5. The molecule has 1 aliphatic heterocycles. The van der Waals surface area contributed by atoms with Gasteiger partial charge in [-0.1, -0.05) is 232 Å². The van der Waals surface area contributed by atoms with Crippen LogP contribution in [0, 0.1) is 0 Å². The number of nitrogens with one attached hydrogen (secondary N) is 1. The third-order valence-corrected chi connectivity index (χ3v) is 12.8. The quantitative estimate of drug-likeness (QED) is 0.0295. The normalized spacial score (nSPS) is 21.0. The highest BCUT2D eigenvalue weighted by atomic mass is 16.7. The second-order valence-corrected chi connectivity index (χ2v) is 18.5. The summed E-state index contributed by atoms with van der Waals surface area (Å²) in [6.45, 7) is 3.64. The van der Waals surface area contributed by atoms with Crippen molar-refractivity contribution in [3.63, 3.8) is 0 Å². The number of ether oxygens (including phenoxy) is 2. The SMILES string of the molecule is CCCCCCCCCCCCCCCCCCCCCCCC(=O)N[C@@H](CO[C@@H]1O[C@H](CO)[C@H](O)C(O)C1O)[C@H](O)[C@H](O)CCCCCCCCCCCCCCCC. The van der Waals surface area contributed by atoms with E-state index >= 15 is 0 Å². The van der Waals surface area contributed by atoms with Crippen molar-refractivity contribution < 1.29 is 44.9 Å². The lowest BCUT2D eigenvalue weighted by atomic mass is 9.98. The fourth-order valence-corrected chi connectivity index (χ4v) is 8.61. The average Bonchev–Trinajstić information content (AvgIpc) is 3.25. The Labute approximate surface area is 368 Å². The van der Waals surface area contributed by atoms with Crippen LogP contribution in [0.1, 0.15) is 251 Å². The van der Waals surface area contributed by atoms with Gasteiger partial charge in [-0.15, -0.1) is 0 Å². The number of aliphatic hydroxyl groups is 6. The standard InChI is InChI=1S/C50H99NO9/c1-3-5-7-9-11-13-15-17-19-20-21-22-23-24-25-27-29-31-33-35-37-39-45(54)51-42(41-59-50-49(58)48(57)47(56)44(40-52)60-50)46(55)43(53)38-36-34-32-30-28-26-18-16-14-12-10-8-6-4-2/h42-44,46-50,52-53,55-58H,3-41H2,1-2H3,(H,51,54)/t42-,43+,44+,46-,47-,48?,49?,50+/m0/s1. The maximum atomic E-state index is 13.0. The summed E-state index contributed by atoms with van der Waals surface area (Å²) in [6, 6.07) is -0.985. The Balaban J connectivity index is 2.30. The van der Waals surface area contributed by atoms with Crippen molar-refractivity contribution in [1.29, 1.82) is 0 Å². The monoisotopic (exact) mass is 858 g/mol. The molecule has 0 aromatic heterocycles. The van der Waals surface area contributed by atoms with E-state index < -0.39 is 55.6 Å². The van der Waals surface area contributed by atoms with Crippen molar-refractivity contribution >= 4 is 5.91 Å². The van der Waals surface area contributed by atoms with E-state index in [1.54, 1.807) is 0 Å². The summed E-state index contributed by atoms with van der Waals surface area (Å²) in [5.74, 6) is -0.252. The molecule has 2 unspecified atom stereocenters. The zero-order chi connectivity index (χ0) is 43.9. The molecule has 10 nitrogen and oxygen atoms in total. The van der Waals surface area contributed by atoms with E-state index in [1.165, 1.54) is 186 Å². The van der Waals surface area contributed by atoms with Gasteiger partial charge in [0.2, 0.25) is 5.91 Å². The second-order valence-electron chi connectivity index (χ2n) is 18.5. The van der Waals surface area contributed by atoms with E-state index in [2.05, 4.69) is 19.2 Å². The van der Waals surface area contributed by atoms with Crippen LogP contribution < -0.4 is 5.32 Å². The summed E-state index contributed by atoms with van der Waals surface area (Å²) in [6.07, 6.45) is 35.4. The van der Waals surface area contributed by atoms with Crippen molar-refractivity contribution in [2.24, 2.45) is 0 Å².